The van der Waals surface area contributed by atoms with E-state index in [-0.39, 0.29) is 31.6 Å². The first kappa shape index (κ1) is 30.1. The molecule has 1 saturated heterocycles. The maximum Gasteiger partial charge on any atom is 0.412 e. The second-order valence-corrected chi connectivity index (χ2v) is 9.40. The van der Waals surface area contributed by atoms with Crippen LogP contribution in [0.1, 0.15) is 41.2 Å². The molecule has 1 aromatic carbocycles. The minimum absolute atomic E-state index is 0.0856. The molecule has 1 fully saturated rings. The van der Waals surface area contributed by atoms with Gasteiger partial charge in [-0.1, -0.05) is 6.07 Å². The number of hydrogen-bond donors (Lipinski definition) is 5. The van der Waals surface area contributed by atoms with Crippen molar-refractivity contribution in [2.75, 3.05) is 6.54 Å². The molecule has 0 saturated carbocycles. The molecule has 1 aliphatic heterocycles. The summed E-state index contributed by atoms with van der Waals surface area (Å²) in [5, 5.41) is 41.1. The molecule has 0 radical (unpaired) electrons. The van der Waals surface area contributed by atoms with Gasteiger partial charge in [0.05, 0.1) is 28.9 Å². The lowest BCUT2D eigenvalue weighted by Crippen LogP contribution is -2.60. The summed E-state index contributed by atoms with van der Waals surface area (Å²) in [6.45, 7) is 4.77. The minimum atomic E-state index is -5.17. The van der Waals surface area contributed by atoms with Crippen LogP contribution in [-0.2, 0) is 27.4 Å². The number of ether oxygens (including phenoxy) is 1. The fourth-order valence-corrected chi connectivity index (χ4v) is 4.21. The number of aliphatic hydroxyl groups excluding tert-OH is 2. The molecule has 5 N–H and O–H groups in total. The highest BCUT2D eigenvalue weighted by Crippen LogP contribution is 2.28. The molecule has 214 valence electrons. The Labute approximate surface area is 222 Å². The van der Waals surface area contributed by atoms with Crippen LogP contribution < -0.4 is 5.32 Å². The van der Waals surface area contributed by atoms with Gasteiger partial charge in [-0.3, -0.25) is 20.1 Å². The van der Waals surface area contributed by atoms with E-state index in [0.717, 1.165) is 17.0 Å². The van der Waals surface area contributed by atoms with Gasteiger partial charge in [0.15, 0.2) is 17.5 Å². The first-order chi connectivity index (χ1) is 18.2. The Bertz CT molecular complexity index is 1210. The van der Waals surface area contributed by atoms with Gasteiger partial charge in [0.2, 0.25) is 5.91 Å². The average molecular weight is 557 g/mol. The van der Waals surface area contributed by atoms with Crippen molar-refractivity contribution in [2.24, 2.45) is 0 Å². The second-order valence-electron chi connectivity index (χ2n) is 9.40. The van der Waals surface area contributed by atoms with E-state index in [9.17, 15) is 43.2 Å². The smallest absolute Gasteiger partial charge is 0.412 e. The quantitative estimate of drug-likeness (QED) is 0.173. The summed E-state index contributed by atoms with van der Waals surface area (Å²) in [6.07, 6.45) is -9.24. The molecule has 1 amide bonds. The summed E-state index contributed by atoms with van der Waals surface area (Å²) in [4.78, 5) is 35.1. The van der Waals surface area contributed by atoms with Crippen molar-refractivity contribution in [1.29, 1.82) is 0 Å². The molecule has 39 heavy (non-hydrogen) atoms. The van der Waals surface area contributed by atoms with Crippen molar-refractivity contribution in [3.8, 4) is 11.5 Å². The molecule has 1 aliphatic rings. The maximum absolute atomic E-state index is 13.9. The summed E-state index contributed by atoms with van der Waals surface area (Å²) in [5.41, 5.74) is 2.46. The fourth-order valence-electron chi connectivity index (χ4n) is 4.21. The lowest BCUT2D eigenvalue weighted by Gasteiger charge is -2.31. The number of halogens is 3. The van der Waals surface area contributed by atoms with Crippen molar-refractivity contribution < 1.29 is 47.9 Å². The summed E-state index contributed by atoms with van der Waals surface area (Å²) in [6, 6.07) is -0.714. The number of aryl methyl sites for hydroxylation is 3. The number of hydrogen-bond acceptors (Lipinski definition) is 10. The number of nitrogens with one attached hydrogen (secondary N) is 1. The zero-order valence-corrected chi connectivity index (χ0v) is 21.6. The third-order valence-corrected chi connectivity index (χ3v) is 6.50. The highest BCUT2D eigenvalue weighted by atomic mass is 19.4. The summed E-state index contributed by atoms with van der Waals surface area (Å²) >= 11 is 0. The molecule has 4 unspecified atom stereocenters. The van der Waals surface area contributed by atoms with Gasteiger partial charge < -0.3 is 30.1 Å². The van der Waals surface area contributed by atoms with E-state index in [1.54, 1.807) is 26.1 Å². The van der Waals surface area contributed by atoms with E-state index in [2.05, 4.69) is 9.97 Å². The number of likely N-dealkylation sites (tertiary alicyclic amines) is 1. The van der Waals surface area contributed by atoms with Crippen LogP contribution >= 0.6 is 0 Å². The van der Waals surface area contributed by atoms with Gasteiger partial charge >= 0.3 is 12.1 Å². The van der Waals surface area contributed by atoms with Crippen LogP contribution in [0.25, 0.3) is 0 Å². The number of amides is 1. The predicted molar refractivity (Wildman–Crippen MR) is 129 cm³/mol. The number of nitrogens with zero attached hydrogens (tertiary/aromatic N) is 3. The fraction of sp³-hybridized carbons (Fsp3) is 0.520. The molecule has 14 heteroatoms. The first-order valence-electron chi connectivity index (χ1n) is 12.2. The van der Waals surface area contributed by atoms with Crippen LogP contribution in [0, 0.1) is 20.8 Å². The Morgan fingerprint density at radius 3 is 2.41 bits per heavy atom. The van der Waals surface area contributed by atoms with Gasteiger partial charge in [0.1, 0.15) is 18.9 Å². The number of aromatic hydroxyl groups is 2. The Kier molecular flexibility index (Phi) is 9.35. The van der Waals surface area contributed by atoms with Crippen LogP contribution in [0.4, 0.5) is 13.2 Å². The number of rotatable bonds is 9. The minimum Gasteiger partial charge on any atom is -0.504 e. The summed E-state index contributed by atoms with van der Waals surface area (Å²) in [7, 11) is 0. The Morgan fingerprint density at radius 2 is 1.77 bits per heavy atom. The average Bonchev–Trinajstić information content (AvgIpc) is 3.35. The van der Waals surface area contributed by atoms with Crippen molar-refractivity contribution in [3.63, 3.8) is 0 Å². The second kappa shape index (κ2) is 12.1. The van der Waals surface area contributed by atoms with Crippen LogP contribution in [0.5, 0.6) is 11.5 Å². The number of alkyl halides is 3. The highest BCUT2D eigenvalue weighted by molar-refractivity contribution is 5.88. The van der Waals surface area contributed by atoms with Crippen molar-refractivity contribution in [3.05, 3.63) is 46.5 Å². The summed E-state index contributed by atoms with van der Waals surface area (Å²) < 4.78 is 46.9. The highest BCUT2D eigenvalue weighted by Gasteiger charge is 2.50. The lowest BCUT2D eigenvalue weighted by molar-refractivity contribution is -0.185. The third-order valence-electron chi connectivity index (χ3n) is 6.50. The Morgan fingerprint density at radius 1 is 1.10 bits per heavy atom. The van der Waals surface area contributed by atoms with Crippen molar-refractivity contribution >= 4 is 11.9 Å². The zero-order valence-electron chi connectivity index (χ0n) is 21.6. The topological polar surface area (TPSA) is 165 Å². The molecular formula is C25H31F3N4O7. The number of esters is 1. The number of phenols is 2. The number of carbonyl (C=O) groups excluding carboxylic acids is 2. The normalized spacial score (nSPS) is 18.1. The van der Waals surface area contributed by atoms with Gasteiger partial charge in [-0.2, -0.15) is 13.2 Å². The molecule has 2 aromatic rings. The number of aromatic nitrogens is 2. The van der Waals surface area contributed by atoms with E-state index < -0.39 is 60.4 Å². The Hall–Kier alpha value is -3.49. The van der Waals surface area contributed by atoms with Gasteiger partial charge in [-0.15, -0.1) is 0 Å². The van der Waals surface area contributed by atoms with E-state index >= 15 is 0 Å². The molecule has 3 rings (SSSR count). The predicted octanol–water partition coefficient (Wildman–Crippen LogP) is 1.29. The molecule has 4 atom stereocenters. The van der Waals surface area contributed by atoms with Crippen molar-refractivity contribution in [2.45, 2.75) is 77.2 Å². The third kappa shape index (κ3) is 7.34. The van der Waals surface area contributed by atoms with Crippen molar-refractivity contribution in [1.82, 2.24) is 20.2 Å². The number of phenolic OH excluding ortho intramolecular Hbond substituents is 2. The number of benzene rings is 1. The van der Waals surface area contributed by atoms with E-state index in [1.165, 1.54) is 6.07 Å². The molecule has 1 aromatic heterocycles. The number of carbonyl (C=O) groups is 2. The Balaban J connectivity index is 1.68. The van der Waals surface area contributed by atoms with Crippen LogP contribution in [0.3, 0.4) is 0 Å². The molecule has 0 bridgehead atoms. The molecular weight excluding hydrogens is 525 g/mol. The number of aliphatic hydroxyl groups is 2. The van der Waals surface area contributed by atoms with E-state index in [4.69, 9.17) is 4.74 Å². The van der Waals surface area contributed by atoms with Gasteiger partial charge in [0.25, 0.3) is 0 Å². The zero-order chi connectivity index (χ0) is 29.1. The molecule has 11 nitrogen and oxygen atoms in total. The maximum atomic E-state index is 13.9. The molecule has 0 aliphatic carbocycles. The van der Waals surface area contributed by atoms with E-state index in [1.807, 2.05) is 0 Å². The van der Waals surface area contributed by atoms with Crippen LogP contribution in [0.15, 0.2) is 18.2 Å². The molecule has 0 spiro atoms. The standard InChI is InChI=1S/C25H31F3N4O7/c1-12-13(2)30-16(14(3)29-12)11-39-24(38)17-5-4-8-32(17)23(37)21(25(26,27)28)31-22(36)20(35)10-15-6-7-18(33)19(34)9-15/h6-7,9,17,20-22,31,33-36H,4-5,8,10-11H2,1-3H3. The SMILES string of the molecule is Cc1nc(C)c(COC(=O)C2CCCN2C(=O)C(NC(O)C(O)Cc2ccc(O)c(O)c2)C(F)(F)F)nc1C. The van der Waals surface area contributed by atoms with Crippen LogP contribution in [0.2, 0.25) is 0 Å². The van der Waals surface area contributed by atoms with Crippen LogP contribution in [-0.4, -0.2) is 84.3 Å². The van der Waals surface area contributed by atoms with Gasteiger partial charge in [-0.25, -0.2) is 4.79 Å². The van der Waals surface area contributed by atoms with E-state index in [0.29, 0.717) is 22.8 Å². The lowest BCUT2D eigenvalue weighted by atomic mass is 10.1. The largest absolute Gasteiger partial charge is 0.504 e. The first-order valence-corrected chi connectivity index (χ1v) is 12.2. The van der Waals surface area contributed by atoms with Gasteiger partial charge in [-0.05, 0) is 51.3 Å². The van der Waals surface area contributed by atoms with Gasteiger partial charge in [0, 0.05) is 13.0 Å². The molecule has 2 heterocycles. The monoisotopic (exact) mass is 556 g/mol. The summed E-state index contributed by atoms with van der Waals surface area (Å²) in [5.74, 6) is -3.35.